The van der Waals surface area contributed by atoms with Crippen molar-refractivity contribution in [2.45, 2.75) is 20.3 Å². The van der Waals surface area contributed by atoms with Crippen molar-refractivity contribution in [2.24, 2.45) is 0 Å². The Hall–Kier alpha value is -2.50. The highest BCUT2D eigenvalue weighted by atomic mass is 16.5. The topological polar surface area (TPSA) is 70.1 Å². The second-order valence-electron chi connectivity index (χ2n) is 5.60. The van der Waals surface area contributed by atoms with Gasteiger partial charge in [-0.3, -0.25) is 9.59 Å². The molecule has 1 aromatic rings. The summed E-state index contributed by atoms with van der Waals surface area (Å²) < 4.78 is 5.53. The van der Waals surface area contributed by atoms with Crippen molar-refractivity contribution in [3.63, 3.8) is 0 Å². The highest BCUT2D eigenvalue weighted by Crippen LogP contribution is 2.35. The van der Waals surface area contributed by atoms with E-state index in [9.17, 15) is 9.59 Å². The van der Waals surface area contributed by atoms with E-state index >= 15 is 0 Å². The summed E-state index contributed by atoms with van der Waals surface area (Å²) in [6, 6.07) is 5.58. The molecule has 2 rings (SSSR count). The smallest absolute Gasteiger partial charge is 0.305 e. The average Bonchev–Trinajstić information content (AvgIpc) is 2.50. The molecule has 1 aromatic carbocycles. The van der Waals surface area contributed by atoms with Gasteiger partial charge in [-0.05, 0) is 26.0 Å². The molecule has 1 aliphatic heterocycles. The number of hydrogen-bond acceptors (Lipinski definition) is 4. The van der Waals surface area contributed by atoms with Gasteiger partial charge in [0.05, 0.1) is 12.1 Å². The molecule has 23 heavy (non-hydrogen) atoms. The number of benzene rings is 1. The number of ether oxygens (including phenoxy) is 1. The molecule has 0 unspecified atom stereocenters. The van der Waals surface area contributed by atoms with E-state index in [1.54, 1.807) is 4.90 Å². The van der Waals surface area contributed by atoms with E-state index < -0.39 is 5.97 Å². The first-order valence-electron chi connectivity index (χ1n) is 7.60. The van der Waals surface area contributed by atoms with E-state index in [0.29, 0.717) is 25.4 Å². The van der Waals surface area contributed by atoms with Crippen LogP contribution in [0.15, 0.2) is 30.4 Å². The molecule has 0 fully saturated rings. The Morgan fingerprint density at radius 2 is 2.22 bits per heavy atom. The van der Waals surface area contributed by atoms with Gasteiger partial charge in [-0.25, -0.2) is 0 Å². The molecule has 124 valence electrons. The van der Waals surface area contributed by atoms with Gasteiger partial charge in [-0.15, -0.1) is 0 Å². The first-order valence-corrected chi connectivity index (χ1v) is 7.60. The molecule has 0 saturated heterocycles. The van der Waals surface area contributed by atoms with Gasteiger partial charge < -0.3 is 19.6 Å². The molecule has 0 atom stereocenters. The average molecular weight is 318 g/mol. The van der Waals surface area contributed by atoms with Gasteiger partial charge in [0.2, 0.25) is 0 Å². The molecule has 0 radical (unpaired) electrons. The number of carbonyl (C=O) groups is 2. The van der Waals surface area contributed by atoms with E-state index in [2.05, 4.69) is 6.58 Å². The van der Waals surface area contributed by atoms with Crippen LogP contribution in [0, 0.1) is 0 Å². The fraction of sp³-hybridized carbons (Fsp3) is 0.412. The van der Waals surface area contributed by atoms with Crippen LogP contribution in [0.4, 0.5) is 11.4 Å². The number of carbonyl (C=O) groups excluding carboxylic acids is 1. The van der Waals surface area contributed by atoms with Crippen molar-refractivity contribution in [1.29, 1.82) is 0 Å². The van der Waals surface area contributed by atoms with Crippen molar-refractivity contribution < 1.29 is 19.4 Å². The fourth-order valence-electron chi connectivity index (χ4n) is 2.59. The van der Waals surface area contributed by atoms with E-state index in [1.165, 1.54) is 0 Å². The number of anilines is 2. The highest BCUT2D eigenvalue weighted by Gasteiger charge is 2.25. The first kappa shape index (κ1) is 16.9. The number of nitrogens with zero attached hydrogens (tertiary/aromatic N) is 2. The van der Waals surface area contributed by atoms with Crippen molar-refractivity contribution in [3.8, 4) is 5.75 Å². The summed E-state index contributed by atoms with van der Waals surface area (Å²) in [4.78, 5) is 26.3. The van der Waals surface area contributed by atoms with Crippen LogP contribution in [0.1, 0.15) is 20.3 Å². The third-order valence-electron chi connectivity index (χ3n) is 3.62. The maximum atomic E-state index is 11.8. The molecule has 1 N–H and O–H groups in total. The molecule has 1 aliphatic rings. The van der Waals surface area contributed by atoms with Crippen LogP contribution in [0.5, 0.6) is 5.75 Å². The van der Waals surface area contributed by atoms with E-state index in [4.69, 9.17) is 9.84 Å². The van der Waals surface area contributed by atoms with Gasteiger partial charge in [-0.1, -0.05) is 12.2 Å². The largest absolute Gasteiger partial charge is 0.481 e. The summed E-state index contributed by atoms with van der Waals surface area (Å²) >= 11 is 0. The van der Waals surface area contributed by atoms with Crippen LogP contribution in [0.3, 0.4) is 0 Å². The molecule has 0 bridgehead atoms. The number of carboxylic acid groups (broad SMARTS) is 1. The van der Waals surface area contributed by atoms with Crippen LogP contribution in [-0.4, -0.2) is 43.2 Å². The van der Waals surface area contributed by atoms with Crippen LogP contribution >= 0.6 is 0 Å². The molecule has 6 nitrogen and oxygen atoms in total. The second-order valence-corrected chi connectivity index (χ2v) is 5.60. The second kappa shape index (κ2) is 7.17. The number of likely N-dealkylation sites (N-methyl/N-ethyl adjacent to an activating group) is 1. The Labute approximate surface area is 136 Å². The van der Waals surface area contributed by atoms with Gasteiger partial charge >= 0.3 is 5.97 Å². The SMILES string of the molecule is C=C(C)CN(CCC(=O)O)c1ccc2c(c1)OCC(=O)N2CC. The quantitative estimate of drug-likeness (QED) is 0.781. The summed E-state index contributed by atoms with van der Waals surface area (Å²) in [5, 5.41) is 8.91. The summed E-state index contributed by atoms with van der Waals surface area (Å²) in [5.74, 6) is -0.253. The monoisotopic (exact) mass is 318 g/mol. The third-order valence-corrected chi connectivity index (χ3v) is 3.62. The lowest BCUT2D eigenvalue weighted by Gasteiger charge is -2.31. The summed E-state index contributed by atoms with van der Waals surface area (Å²) in [6.07, 6.45) is 0.0464. The summed E-state index contributed by atoms with van der Waals surface area (Å²) in [6.45, 7) is 9.29. The lowest BCUT2D eigenvalue weighted by molar-refractivity contribution is -0.136. The molecule has 0 saturated carbocycles. The van der Waals surface area contributed by atoms with E-state index in [-0.39, 0.29) is 18.9 Å². The Kier molecular flexibility index (Phi) is 5.26. The normalized spacial score (nSPS) is 13.3. The number of amides is 1. The number of aliphatic carboxylic acids is 1. The highest BCUT2D eigenvalue weighted by molar-refractivity contribution is 5.98. The van der Waals surface area contributed by atoms with Gasteiger partial charge in [0.1, 0.15) is 5.75 Å². The minimum atomic E-state index is -0.839. The van der Waals surface area contributed by atoms with Crippen LogP contribution in [-0.2, 0) is 9.59 Å². The number of carboxylic acids is 1. The number of hydrogen-bond donors (Lipinski definition) is 1. The third kappa shape index (κ3) is 4.03. The van der Waals surface area contributed by atoms with Gasteiger partial charge in [-0.2, -0.15) is 0 Å². The molecular formula is C17H22N2O4. The molecule has 6 heteroatoms. The Morgan fingerprint density at radius 3 is 2.83 bits per heavy atom. The Morgan fingerprint density at radius 1 is 1.48 bits per heavy atom. The maximum Gasteiger partial charge on any atom is 0.305 e. The molecule has 1 heterocycles. The minimum absolute atomic E-state index is 0.0277. The number of rotatable bonds is 7. The summed E-state index contributed by atoms with van der Waals surface area (Å²) in [7, 11) is 0. The first-order chi connectivity index (χ1) is 10.9. The van der Waals surface area contributed by atoms with Crippen LogP contribution in [0.25, 0.3) is 0 Å². The van der Waals surface area contributed by atoms with Gasteiger partial charge in [0.25, 0.3) is 5.91 Å². The fourth-order valence-corrected chi connectivity index (χ4v) is 2.59. The Balaban J connectivity index is 2.28. The summed E-state index contributed by atoms with van der Waals surface area (Å²) in [5.41, 5.74) is 2.55. The van der Waals surface area contributed by atoms with Gasteiger partial charge in [0, 0.05) is 31.4 Å². The lowest BCUT2D eigenvalue weighted by Crippen LogP contribution is -2.38. The van der Waals surface area contributed by atoms with Crippen LogP contribution < -0.4 is 14.5 Å². The molecule has 0 aromatic heterocycles. The van der Waals surface area contributed by atoms with Crippen molar-refractivity contribution in [3.05, 3.63) is 30.4 Å². The maximum absolute atomic E-state index is 11.8. The van der Waals surface area contributed by atoms with Crippen LogP contribution in [0.2, 0.25) is 0 Å². The molecular weight excluding hydrogens is 296 g/mol. The molecule has 0 spiro atoms. The van der Waals surface area contributed by atoms with E-state index in [0.717, 1.165) is 16.9 Å². The van der Waals surface area contributed by atoms with Crippen molar-refractivity contribution in [1.82, 2.24) is 0 Å². The lowest BCUT2D eigenvalue weighted by atomic mass is 10.1. The molecule has 1 amide bonds. The predicted molar refractivity (Wildman–Crippen MR) is 89.2 cm³/mol. The standard InChI is InChI=1S/C17H22N2O4/c1-4-19-14-6-5-13(9-15(14)23-11-16(19)20)18(10-12(2)3)8-7-17(21)22/h5-6,9H,2,4,7-8,10-11H2,1,3H3,(H,21,22). The van der Waals surface area contributed by atoms with E-state index in [1.807, 2.05) is 36.9 Å². The Bertz CT molecular complexity index is 627. The molecule has 0 aliphatic carbocycles. The zero-order valence-electron chi connectivity index (χ0n) is 13.5. The van der Waals surface area contributed by atoms with Gasteiger partial charge in [0.15, 0.2) is 6.61 Å². The minimum Gasteiger partial charge on any atom is -0.481 e. The predicted octanol–water partition coefficient (Wildman–Crippen LogP) is 2.29. The van der Waals surface area contributed by atoms with Crippen molar-refractivity contribution in [2.75, 3.05) is 36.0 Å². The number of fused-ring (bicyclic) bond motifs is 1. The zero-order chi connectivity index (χ0) is 17.0. The zero-order valence-corrected chi connectivity index (χ0v) is 13.5. The van der Waals surface area contributed by atoms with Crippen molar-refractivity contribution >= 4 is 23.3 Å².